The SMILES string of the molecule is COc1ccc(/C=C(/C)C(C)N)cc1C#N. The van der Waals surface area contributed by atoms with Crippen LogP contribution in [0.4, 0.5) is 0 Å². The summed E-state index contributed by atoms with van der Waals surface area (Å²) in [4.78, 5) is 0. The predicted molar refractivity (Wildman–Crippen MR) is 65.0 cm³/mol. The molecule has 0 heterocycles. The fraction of sp³-hybridized carbons (Fsp3) is 0.308. The largest absolute Gasteiger partial charge is 0.495 e. The molecule has 3 nitrogen and oxygen atoms in total. The van der Waals surface area contributed by atoms with Crippen molar-refractivity contribution in [1.29, 1.82) is 5.26 Å². The van der Waals surface area contributed by atoms with Crippen LogP contribution in [-0.4, -0.2) is 13.2 Å². The van der Waals surface area contributed by atoms with Crippen molar-refractivity contribution >= 4 is 6.08 Å². The van der Waals surface area contributed by atoms with Crippen LogP contribution < -0.4 is 10.5 Å². The number of benzene rings is 1. The molecule has 1 unspecified atom stereocenters. The molecule has 1 rings (SSSR count). The Balaban J connectivity index is 3.10. The minimum absolute atomic E-state index is 0.0210. The molecule has 3 heteroatoms. The number of nitriles is 1. The number of rotatable bonds is 3. The number of hydrogen-bond acceptors (Lipinski definition) is 3. The molecular weight excluding hydrogens is 200 g/mol. The fourth-order valence-electron chi connectivity index (χ4n) is 1.30. The minimum Gasteiger partial charge on any atom is -0.495 e. The van der Waals surface area contributed by atoms with Crippen LogP contribution in [0.2, 0.25) is 0 Å². The molecular formula is C13H16N2O. The van der Waals surface area contributed by atoms with Gasteiger partial charge in [-0.3, -0.25) is 0 Å². The molecule has 0 aliphatic rings. The Hall–Kier alpha value is -1.79. The molecule has 0 spiro atoms. The maximum atomic E-state index is 8.94. The van der Waals surface area contributed by atoms with Gasteiger partial charge in [0.2, 0.25) is 0 Å². The highest BCUT2D eigenvalue weighted by Crippen LogP contribution is 2.20. The molecule has 0 aliphatic carbocycles. The van der Waals surface area contributed by atoms with Gasteiger partial charge in [-0.05, 0) is 31.5 Å². The van der Waals surface area contributed by atoms with E-state index in [2.05, 4.69) is 6.07 Å². The Bertz CT molecular complexity index is 442. The number of methoxy groups -OCH3 is 1. The smallest absolute Gasteiger partial charge is 0.136 e. The Labute approximate surface area is 96.1 Å². The van der Waals surface area contributed by atoms with Gasteiger partial charge >= 0.3 is 0 Å². The fourth-order valence-corrected chi connectivity index (χ4v) is 1.30. The molecule has 0 aromatic heterocycles. The lowest BCUT2D eigenvalue weighted by atomic mass is 10.1. The molecule has 0 aliphatic heterocycles. The lowest BCUT2D eigenvalue weighted by Crippen LogP contribution is -2.15. The first-order chi connectivity index (χ1) is 7.58. The van der Waals surface area contributed by atoms with Gasteiger partial charge in [-0.25, -0.2) is 0 Å². The molecule has 0 radical (unpaired) electrons. The van der Waals surface area contributed by atoms with Crippen LogP contribution in [0.1, 0.15) is 25.0 Å². The molecule has 1 aromatic rings. The van der Waals surface area contributed by atoms with Gasteiger partial charge < -0.3 is 10.5 Å². The zero-order valence-electron chi connectivity index (χ0n) is 9.82. The highest BCUT2D eigenvalue weighted by atomic mass is 16.5. The third-order valence-corrected chi connectivity index (χ3v) is 2.46. The van der Waals surface area contributed by atoms with Crippen molar-refractivity contribution < 1.29 is 4.74 Å². The van der Waals surface area contributed by atoms with Gasteiger partial charge in [0.1, 0.15) is 11.8 Å². The van der Waals surface area contributed by atoms with E-state index in [0.717, 1.165) is 11.1 Å². The first kappa shape index (κ1) is 12.3. The Kier molecular flexibility index (Phi) is 4.10. The molecule has 2 N–H and O–H groups in total. The zero-order valence-corrected chi connectivity index (χ0v) is 9.82. The van der Waals surface area contributed by atoms with Gasteiger partial charge in [0, 0.05) is 6.04 Å². The van der Waals surface area contributed by atoms with Gasteiger partial charge in [0.25, 0.3) is 0 Å². The van der Waals surface area contributed by atoms with Crippen molar-refractivity contribution in [3.63, 3.8) is 0 Å². The van der Waals surface area contributed by atoms with Crippen LogP contribution in [0.15, 0.2) is 23.8 Å². The number of hydrogen-bond donors (Lipinski definition) is 1. The standard InChI is InChI=1S/C13H16N2O/c1-9(10(2)15)6-11-4-5-13(16-3)12(7-11)8-14/h4-7,10H,15H2,1-3H3/b9-6-. The summed E-state index contributed by atoms with van der Waals surface area (Å²) in [5, 5.41) is 8.94. The van der Waals surface area contributed by atoms with Crippen molar-refractivity contribution in [2.24, 2.45) is 5.73 Å². The first-order valence-electron chi connectivity index (χ1n) is 5.10. The third-order valence-electron chi connectivity index (χ3n) is 2.46. The Morgan fingerprint density at radius 3 is 2.75 bits per heavy atom. The summed E-state index contributed by atoms with van der Waals surface area (Å²) in [5.41, 5.74) is 8.33. The molecule has 1 aromatic carbocycles. The summed E-state index contributed by atoms with van der Waals surface area (Å²) < 4.78 is 5.08. The van der Waals surface area contributed by atoms with Crippen LogP contribution >= 0.6 is 0 Å². The van der Waals surface area contributed by atoms with Crippen molar-refractivity contribution in [3.05, 3.63) is 34.9 Å². The van der Waals surface area contributed by atoms with E-state index in [1.807, 2.05) is 26.0 Å². The highest BCUT2D eigenvalue weighted by Gasteiger charge is 2.03. The minimum atomic E-state index is 0.0210. The maximum Gasteiger partial charge on any atom is 0.136 e. The van der Waals surface area contributed by atoms with E-state index in [4.69, 9.17) is 15.7 Å². The second-order valence-electron chi connectivity index (χ2n) is 3.75. The number of nitrogens with zero attached hydrogens (tertiary/aromatic N) is 1. The number of nitrogens with two attached hydrogens (primary N) is 1. The molecule has 0 fully saturated rings. The van der Waals surface area contributed by atoms with Gasteiger partial charge in [-0.1, -0.05) is 17.7 Å². The van der Waals surface area contributed by atoms with Crippen LogP contribution in [-0.2, 0) is 0 Å². The van der Waals surface area contributed by atoms with Crippen LogP contribution in [0.5, 0.6) is 5.75 Å². The highest BCUT2D eigenvalue weighted by molar-refractivity contribution is 5.58. The van der Waals surface area contributed by atoms with Crippen molar-refractivity contribution in [1.82, 2.24) is 0 Å². The average Bonchev–Trinajstić information content (AvgIpc) is 2.28. The quantitative estimate of drug-likeness (QED) is 0.843. The molecule has 0 amide bonds. The second-order valence-corrected chi connectivity index (χ2v) is 3.75. The van der Waals surface area contributed by atoms with E-state index in [1.165, 1.54) is 0 Å². The molecule has 0 bridgehead atoms. The summed E-state index contributed by atoms with van der Waals surface area (Å²) in [6.07, 6.45) is 1.98. The van der Waals surface area contributed by atoms with Gasteiger partial charge in [0.15, 0.2) is 0 Å². The first-order valence-corrected chi connectivity index (χ1v) is 5.10. The summed E-state index contributed by atoms with van der Waals surface area (Å²) in [6.45, 7) is 3.90. The van der Waals surface area contributed by atoms with Gasteiger partial charge in [0.05, 0.1) is 12.7 Å². The van der Waals surface area contributed by atoms with E-state index in [0.29, 0.717) is 11.3 Å². The molecule has 0 saturated heterocycles. The van der Waals surface area contributed by atoms with E-state index < -0.39 is 0 Å². The Morgan fingerprint density at radius 2 is 2.25 bits per heavy atom. The molecule has 84 valence electrons. The summed E-state index contributed by atoms with van der Waals surface area (Å²) in [5.74, 6) is 0.595. The lowest BCUT2D eigenvalue weighted by Gasteiger charge is -2.07. The predicted octanol–water partition coefficient (Wildman–Crippen LogP) is 2.32. The summed E-state index contributed by atoms with van der Waals surface area (Å²) in [7, 11) is 1.55. The normalized spacial score (nSPS) is 13.1. The Morgan fingerprint density at radius 1 is 1.56 bits per heavy atom. The maximum absolute atomic E-state index is 8.94. The van der Waals surface area contributed by atoms with Crippen molar-refractivity contribution in [2.45, 2.75) is 19.9 Å². The lowest BCUT2D eigenvalue weighted by molar-refractivity contribution is 0.413. The summed E-state index contributed by atoms with van der Waals surface area (Å²) >= 11 is 0. The van der Waals surface area contributed by atoms with Crippen molar-refractivity contribution in [2.75, 3.05) is 7.11 Å². The van der Waals surface area contributed by atoms with Crippen LogP contribution in [0.25, 0.3) is 6.08 Å². The van der Waals surface area contributed by atoms with E-state index in [9.17, 15) is 0 Å². The van der Waals surface area contributed by atoms with E-state index >= 15 is 0 Å². The topological polar surface area (TPSA) is 59.0 Å². The molecule has 16 heavy (non-hydrogen) atoms. The van der Waals surface area contributed by atoms with E-state index in [-0.39, 0.29) is 6.04 Å². The average molecular weight is 216 g/mol. The summed E-state index contributed by atoms with van der Waals surface area (Å²) in [6, 6.07) is 7.62. The van der Waals surface area contributed by atoms with Gasteiger partial charge in [-0.2, -0.15) is 5.26 Å². The third kappa shape index (κ3) is 2.85. The van der Waals surface area contributed by atoms with E-state index in [1.54, 1.807) is 19.2 Å². The van der Waals surface area contributed by atoms with Gasteiger partial charge in [-0.15, -0.1) is 0 Å². The van der Waals surface area contributed by atoms with Crippen LogP contribution in [0, 0.1) is 11.3 Å². The van der Waals surface area contributed by atoms with Crippen molar-refractivity contribution in [3.8, 4) is 11.8 Å². The zero-order chi connectivity index (χ0) is 12.1. The molecule has 1 atom stereocenters. The second kappa shape index (κ2) is 5.34. The number of ether oxygens (including phenoxy) is 1. The monoisotopic (exact) mass is 216 g/mol. The molecule has 0 saturated carbocycles. The van der Waals surface area contributed by atoms with Crippen LogP contribution in [0.3, 0.4) is 0 Å².